The zero-order valence-electron chi connectivity index (χ0n) is 17.3. The maximum atomic E-state index is 12.4. The summed E-state index contributed by atoms with van der Waals surface area (Å²) in [5, 5.41) is 0. The summed E-state index contributed by atoms with van der Waals surface area (Å²) in [5.74, 6) is 1.92. The molecule has 0 aromatic heterocycles. The third kappa shape index (κ3) is 2.86. The number of allylic oxidation sites excluding steroid dienone is 1. The Morgan fingerprint density at radius 2 is 1.85 bits per heavy atom. The molecule has 0 unspecified atom stereocenters. The number of rotatable bonds is 2. The fourth-order valence-electron chi connectivity index (χ4n) is 7.49. The zero-order chi connectivity index (χ0) is 19.4. The Balaban J connectivity index is 1.57. The van der Waals surface area contributed by atoms with Crippen molar-refractivity contribution < 1.29 is 19.1 Å². The first-order valence-corrected chi connectivity index (χ1v) is 10.7. The Labute approximate surface area is 163 Å². The molecule has 0 bridgehead atoms. The normalized spacial score (nSPS) is 45.8. The van der Waals surface area contributed by atoms with E-state index in [0.29, 0.717) is 17.8 Å². The van der Waals surface area contributed by atoms with E-state index in [1.165, 1.54) is 26.0 Å². The van der Waals surface area contributed by atoms with E-state index in [1.807, 2.05) is 0 Å². The molecule has 0 aromatic carbocycles. The van der Waals surface area contributed by atoms with Gasteiger partial charge in [-0.15, -0.1) is 0 Å². The number of esters is 2. The summed E-state index contributed by atoms with van der Waals surface area (Å²) in [6.45, 7) is 6.32. The van der Waals surface area contributed by atoms with Gasteiger partial charge < -0.3 is 9.47 Å². The Morgan fingerprint density at radius 1 is 1.07 bits per heavy atom. The molecule has 4 aliphatic rings. The smallest absolute Gasteiger partial charge is 0.309 e. The summed E-state index contributed by atoms with van der Waals surface area (Å²) in [6, 6.07) is 0. The summed E-state index contributed by atoms with van der Waals surface area (Å²) in [4.78, 5) is 23.7. The first kappa shape index (κ1) is 19.0. The van der Waals surface area contributed by atoms with Crippen LogP contribution in [0, 0.1) is 34.5 Å². The third-order valence-electron chi connectivity index (χ3n) is 8.88. The van der Waals surface area contributed by atoms with Gasteiger partial charge in [0.1, 0.15) is 6.10 Å². The van der Waals surface area contributed by atoms with E-state index in [0.717, 1.165) is 44.9 Å². The molecule has 27 heavy (non-hydrogen) atoms. The van der Waals surface area contributed by atoms with Crippen molar-refractivity contribution in [2.75, 3.05) is 7.11 Å². The second-order valence-corrected chi connectivity index (χ2v) is 9.93. The lowest BCUT2D eigenvalue weighted by Gasteiger charge is -2.57. The Bertz CT molecular complexity index is 667. The number of fused-ring (bicyclic) bond motifs is 5. The van der Waals surface area contributed by atoms with E-state index in [2.05, 4.69) is 19.9 Å². The Hall–Kier alpha value is -1.32. The average Bonchev–Trinajstić information content (AvgIpc) is 2.98. The molecule has 7 atom stereocenters. The second kappa shape index (κ2) is 6.63. The summed E-state index contributed by atoms with van der Waals surface area (Å²) >= 11 is 0. The monoisotopic (exact) mass is 374 g/mol. The van der Waals surface area contributed by atoms with E-state index < -0.39 is 0 Å². The van der Waals surface area contributed by atoms with Gasteiger partial charge in [-0.2, -0.15) is 0 Å². The van der Waals surface area contributed by atoms with Crippen LogP contribution < -0.4 is 0 Å². The first-order valence-electron chi connectivity index (χ1n) is 10.7. The lowest BCUT2D eigenvalue weighted by Crippen LogP contribution is -2.51. The molecule has 4 aliphatic carbocycles. The molecule has 0 amide bonds. The maximum Gasteiger partial charge on any atom is 0.309 e. The van der Waals surface area contributed by atoms with Crippen LogP contribution >= 0.6 is 0 Å². The van der Waals surface area contributed by atoms with Crippen LogP contribution in [-0.2, 0) is 19.1 Å². The van der Waals surface area contributed by atoms with Gasteiger partial charge in [-0.3, -0.25) is 9.59 Å². The zero-order valence-corrected chi connectivity index (χ0v) is 17.3. The largest absolute Gasteiger partial charge is 0.469 e. The molecule has 150 valence electrons. The van der Waals surface area contributed by atoms with Gasteiger partial charge in [0.25, 0.3) is 0 Å². The summed E-state index contributed by atoms with van der Waals surface area (Å²) in [6.07, 6.45) is 11.1. The molecule has 0 aliphatic heterocycles. The molecule has 4 nitrogen and oxygen atoms in total. The Morgan fingerprint density at radius 3 is 2.56 bits per heavy atom. The number of methoxy groups -OCH3 is 1. The minimum atomic E-state index is -0.161. The van der Waals surface area contributed by atoms with Gasteiger partial charge in [-0.05, 0) is 73.5 Å². The molecule has 0 heterocycles. The third-order valence-corrected chi connectivity index (χ3v) is 8.88. The van der Waals surface area contributed by atoms with Crippen LogP contribution in [0.2, 0.25) is 0 Å². The predicted octanol–water partition coefficient (Wildman–Crippen LogP) is 4.67. The highest BCUT2D eigenvalue weighted by Crippen LogP contribution is 2.66. The molecule has 3 fully saturated rings. The van der Waals surface area contributed by atoms with Crippen LogP contribution in [0.1, 0.15) is 72.1 Å². The lowest BCUT2D eigenvalue weighted by atomic mass is 9.47. The van der Waals surface area contributed by atoms with E-state index in [9.17, 15) is 9.59 Å². The fourth-order valence-corrected chi connectivity index (χ4v) is 7.49. The summed E-state index contributed by atoms with van der Waals surface area (Å²) in [7, 11) is 1.53. The number of hydrogen-bond donors (Lipinski definition) is 0. The van der Waals surface area contributed by atoms with Crippen molar-refractivity contribution in [2.24, 2.45) is 34.5 Å². The molecule has 0 aromatic rings. The molecule has 0 N–H and O–H groups in total. The van der Waals surface area contributed by atoms with Gasteiger partial charge in [0.15, 0.2) is 0 Å². The van der Waals surface area contributed by atoms with Crippen LogP contribution in [0.4, 0.5) is 0 Å². The number of hydrogen-bond acceptors (Lipinski definition) is 4. The summed E-state index contributed by atoms with van der Waals surface area (Å²) in [5.41, 5.74) is 1.86. The molecular formula is C23H34O4. The van der Waals surface area contributed by atoms with E-state index in [4.69, 9.17) is 9.47 Å². The topological polar surface area (TPSA) is 52.6 Å². The minimum absolute atomic E-state index is 0.00130. The highest BCUT2D eigenvalue weighted by Gasteiger charge is 2.60. The number of carbonyl (C=O) groups excluding carboxylic acids is 2. The van der Waals surface area contributed by atoms with Crippen LogP contribution in [0.5, 0.6) is 0 Å². The van der Waals surface area contributed by atoms with Gasteiger partial charge >= 0.3 is 11.9 Å². The maximum absolute atomic E-state index is 12.4. The van der Waals surface area contributed by atoms with Crippen LogP contribution in [0.25, 0.3) is 0 Å². The van der Waals surface area contributed by atoms with Gasteiger partial charge in [-0.25, -0.2) is 0 Å². The molecule has 0 spiro atoms. The first-order chi connectivity index (χ1) is 12.8. The van der Waals surface area contributed by atoms with Crippen molar-refractivity contribution in [3.05, 3.63) is 11.6 Å². The predicted molar refractivity (Wildman–Crippen MR) is 103 cm³/mol. The molecule has 0 saturated heterocycles. The fraction of sp³-hybridized carbons (Fsp3) is 0.826. The molecule has 3 saturated carbocycles. The van der Waals surface area contributed by atoms with Crippen molar-refractivity contribution in [3.63, 3.8) is 0 Å². The molecular weight excluding hydrogens is 340 g/mol. The molecule has 4 heteroatoms. The van der Waals surface area contributed by atoms with E-state index in [1.54, 1.807) is 0 Å². The molecule has 0 radical (unpaired) electrons. The highest BCUT2D eigenvalue weighted by atomic mass is 16.5. The lowest BCUT2D eigenvalue weighted by molar-refractivity contribution is -0.154. The second-order valence-electron chi connectivity index (χ2n) is 9.93. The van der Waals surface area contributed by atoms with Crippen molar-refractivity contribution in [3.8, 4) is 0 Å². The van der Waals surface area contributed by atoms with Gasteiger partial charge in [0.2, 0.25) is 0 Å². The van der Waals surface area contributed by atoms with Crippen molar-refractivity contribution >= 4 is 11.9 Å². The van der Waals surface area contributed by atoms with Gasteiger partial charge in [0, 0.05) is 13.3 Å². The van der Waals surface area contributed by atoms with Crippen LogP contribution in [0.15, 0.2) is 11.6 Å². The van der Waals surface area contributed by atoms with Crippen molar-refractivity contribution in [1.29, 1.82) is 0 Å². The molecule has 4 rings (SSSR count). The number of ether oxygens (including phenoxy) is 2. The standard InChI is InChI=1S/C23H34O4/c1-14(24)27-16-9-11-22(2)15(13-16)5-6-17-18-7-8-20(21(25)26-4)23(18,3)12-10-19(17)22/h5,16-20H,6-13H2,1-4H3/t16-,17+,18+,19+,20-,22+,23+/m1/s1. The van der Waals surface area contributed by atoms with Crippen LogP contribution in [0.3, 0.4) is 0 Å². The number of carbonyl (C=O) groups is 2. The quantitative estimate of drug-likeness (QED) is 0.521. The Kier molecular flexibility index (Phi) is 4.67. The van der Waals surface area contributed by atoms with E-state index in [-0.39, 0.29) is 34.8 Å². The minimum Gasteiger partial charge on any atom is -0.469 e. The van der Waals surface area contributed by atoms with Crippen molar-refractivity contribution in [1.82, 2.24) is 0 Å². The summed E-state index contributed by atoms with van der Waals surface area (Å²) < 4.78 is 10.7. The van der Waals surface area contributed by atoms with Crippen LogP contribution in [-0.4, -0.2) is 25.2 Å². The average molecular weight is 375 g/mol. The van der Waals surface area contributed by atoms with Crippen molar-refractivity contribution in [2.45, 2.75) is 78.2 Å². The SMILES string of the molecule is COC(=O)[C@H]1CC[C@H]2[C@@H]3CC=C4C[C@H](OC(C)=O)CC[C@]4(C)[C@H]3CC[C@]12C. The van der Waals surface area contributed by atoms with Gasteiger partial charge in [-0.1, -0.05) is 25.5 Å². The van der Waals surface area contributed by atoms with E-state index >= 15 is 0 Å². The highest BCUT2D eigenvalue weighted by molar-refractivity contribution is 5.73. The van der Waals surface area contributed by atoms with Gasteiger partial charge in [0.05, 0.1) is 13.0 Å².